The Bertz CT molecular complexity index is 467. The fourth-order valence-corrected chi connectivity index (χ4v) is 4.99. The summed E-state index contributed by atoms with van der Waals surface area (Å²) in [5, 5.41) is 3.02. The first-order valence-electron chi connectivity index (χ1n) is 5.49. The van der Waals surface area contributed by atoms with Gasteiger partial charge in [-0.2, -0.15) is 0 Å². The Labute approximate surface area is 99.2 Å². The lowest BCUT2D eigenvalue weighted by atomic mass is 9.80. The third-order valence-corrected chi connectivity index (χ3v) is 6.23. The van der Waals surface area contributed by atoms with Crippen molar-refractivity contribution in [2.45, 2.75) is 24.8 Å². The second-order valence-electron chi connectivity index (χ2n) is 4.59. The number of rotatable bonds is 1. The van der Waals surface area contributed by atoms with Gasteiger partial charge in [0, 0.05) is 23.7 Å². The molecule has 1 spiro atoms. The summed E-state index contributed by atoms with van der Waals surface area (Å²) in [5.41, 5.74) is 0.100. The average molecular weight is 258 g/mol. The average Bonchev–Trinajstić information content (AvgIpc) is 2.69. The van der Waals surface area contributed by atoms with E-state index in [4.69, 9.17) is 0 Å². The maximum absolute atomic E-state index is 11.4. The van der Waals surface area contributed by atoms with Gasteiger partial charge in [-0.3, -0.25) is 0 Å². The van der Waals surface area contributed by atoms with Crippen molar-refractivity contribution in [3.05, 3.63) is 11.6 Å². The van der Waals surface area contributed by atoms with Crippen LogP contribution >= 0.6 is 11.3 Å². The summed E-state index contributed by atoms with van der Waals surface area (Å²) in [5.74, 6) is 0.684. The van der Waals surface area contributed by atoms with Gasteiger partial charge in [-0.05, 0) is 19.3 Å². The number of nitrogens with zero attached hydrogens (tertiary/aromatic N) is 2. The van der Waals surface area contributed by atoms with Gasteiger partial charge in [0.05, 0.1) is 11.5 Å². The normalized spacial score (nSPS) is 26.6. The van der Waals surface area contributed by atoms with Crippen LogP contribution in [-0.4, -0.2) is 37.0 Å². The van der Waals surface area contributed by atoms with Crippen LogP contribution < -0.4 is 4.90 Å². The minimum absolute atomic E-state index is 0.100. The molecule has 0 aromatic carbocycles. The molecule has 0 aliphatic carbocycles. The van der Waals surface area contributed by atoms with Gasteiger partial charge < -0.3 is 4.90 Å². The third kappa shape index (κ3) is 1.55. The van der Waals surface area contributed by atoms with Gasteiger partial charge in [0.2, 0.25) is 0 Å². The summed E-state index contributed by atoms with van der Waals surface area (Å²) in [7, 11) is -2.77. The summed E-state index contributed by atoms with van der Waals surface area (Å²) >= 11 is 1.64. The molecule has 0 N–H and O–H groups in total. The lowest BCUT2D eigenvalue weighted by molar-refractivity contribution is 0.248. The fourth-order valence-electron chi connectivity index (χ4n) is 2.63. The largest absolute Gasteiger partial charge is 0.342 e. The SMILES string of the molecule is O=S1(=O)CCC2(CCN2c2nccs2)CC1. The monoisotopic (exact) mass is 258 g/mol. The van der Waals surface area contributed by atoms with E-state index in [-0.39, 0.29) is 5.54 Å². The Morgan fingerprint density at radius 1 is 1.31 bits per heavy atom. The molecule has 0 saturated carbocycles. The Morgan fingerprint density at radius 2 is 2.06 bits per heavy atom. The zero-order chi connectivity index (χ0) is 11.2. The van der Waals surface area contributed by atoms with Gasteiger partial charge in [-0.25, -0.2) is 13.4 Å². The first kappa shape index (κ1) is 10.5. The highest BCUT2D eigenvalue weighted by molar-refractivity contribution is 7.91. The van der Waals surface area contributed by atoms with Gasteiger partial charge in [-0.15, -0.1) is 11.3 Å². The van der Waals surface area contributed by atoms with Crippen LogP contribution in [0.25, 0.3) is 0 Å². The maximum atomic E-state index is 11.4. The topological polar surface area (TPSA) is 50.3 Å². The molecular weight excluding hydrogens is 244 g/mol. The highest BCUT2D eigenvalue weighted by Crippen LogP contribution is 2.44. The van der Waals surface area contributed by atoms with E-state index in [9.17, 15) is 8.42 Å². The van der Waals surface area contributed by atoms with E-state index in [1.54, 1.807) is 11.3 Å². The Hall–Kier alpha value is -0.620. The number of hydrogen-bond acceptors (Lipinski definition) is 5. The van der Waals surface area contributed by atoms with E-state index in [1.807, 2.05) is 11.6 Å². The van der Waals surface area contributed by atoms with Crippen LogP contribution in [0.3, 0.4) is 0 Å². The molecule has 0 atom stereocenters. The van der Waals surface area contributed by atoms with Crippen LogP contribution in [0.5, 0.6) is 0 Å². The quantitative estimate of drug-likeness (QED) is 0.762. The molecule has 3 heterocycles. The van der Waals surface area contributed by atoms with Crippen LogP contribution in [0.4, 0.5) is 5.13 Å². The van der Waals surface area contributed by atoms with Crippen LogP contribution in [0, 0.1) is 0 Å². The zero-order valence-corrected chi connectivity index (χ0v) is 10.6. The van der Waals surface area contributed by atoms with E-state index in [1.165, 1.54) is 0 Å². The summed E-state index contributed by atoms with van der Waals surface area (Å²) in [4.78, 5) is 6.62. The highest BCUT2D eigenvalue weighted by Gasteiger charge is 2.48. The van der Waals surface area contributed by atoms with Crippen molar-refractivity contribution in [3.8, 4) is 0 Å². The van der Waals surface area contributed by atoms with Gasteiger partial charge in [0.15, 0.2) is 5.13 Å². The standard InChI is InChI=1S/C10H14N2O2S2/c13-16(14)7-2-10(3-8-16)1-5-12(10)9-11-4-6-15-9/h4,6H,1-3,5,7-8H2. The molecule has 2 aliphatic heterocycles. The molecule has 2 aliphatic rings. The highest BCUT2D eigenvalue weighted by atomic mass is 32.2. The number of thiazole rings is 1. The van der Waals surface area contributed by atoms with E-state index in [0.29, 0.717) is 11.5 Å². The molecular formula is C10H14N2O2S2. The van der Waals surface area contributed by atoms with Crippen LogP contribution in [0.2, 0.25) is 0 Å². The number of aromatic nitrogens is 1. The van der Waals surface area contributed by atoms with E-state index in [2.05, 4.69) is 9.88 Å². The first-order chi connectivity index (χ1) is 7.61. The summed E-state index contributed by atoms with van der Waals surface area (Å²) in [6, 6.07) is 0. The van der Waals surface area contributed by atoms with Crippen molar-refractivity contribution < 1.29 is 8.42 Å². The predicted molar refractivity (Wildman–Crippen MR) is 64.7 cm³/mol. The van der Waals surface area contributed by atoms with E-state index >= 15 is 0 Å². The third-order valence-electron chi connectivity index (χ3n) is 3.78. The minimum Gasteiger partial charge on any atom is -0.342 e. The Balaban J connectivity index is 1.81. The number of hydrogen-bond donors (Lipinski definition) is 0. The Kier molecular flexibility index (Phi) is 2.26. The molecule has 6 heteroatoms. The van der Waals surface area contributed by atoms with Crippen molar-refractivity contribution in [2.24, 2.45) is 0 Å². The summed E-state index contributed by atoms with van der Waals surface area (Å²) in [6.45, 7) is 1.02. The molecule has 4 nitrogen and oxygen atoms in total. The van der Waals surface area contributed by atoms with E-state index in [0.717, 1.165) is 30.9 Å². The number of anilines is 1. The molecule has 0 amide bonds. The van der Waals surface area contributed by atoms with Crippen molar-refractivity contribution >= 4 is 26.3 Å². The molecule has 0 radical (unpaired) electrons. The van der Waals surface area contributed by atoms with Gasteiger partial charge in [0.25, 0.3) is 0 Å². The summed E-state index contributed by atoms with van der Waals surface area (Å²) in [6.07, 6.45) is 4.47. The van der Waals surface area contributed by atoms with Crippen molar-refractivity contribution in [3.63, 3.8) is 0 Å². The molecule has 2 fully saturated rings. The molecule has 88 valence electrons. The molecule has 0 bridgehead atoms. The Morgan fingerprint density at radius 3 is 2.56 bits per heavy atom. The van der Waals surface area contributed by atoms with E-state index < -0.39 is 9.84 Å². The van der Waals surface area contributed by atoms with Crippen LogP contribution in [0.15, 0.2) is 11.6 Å². The molecule has 1 aromatic heterocycles. The molecule has 2 saturated heterocycles. The molecule has 16 heavy (non-hydrogen) atoms. The van der Waals surface area contributed by atoms with Crippen LogP contribution in [-0.2, 0) is 9.84 Å². The molecule has 0 unspecified atom stereocenters. The zero-order valence-electron chi connectivity index (χ0n) is 8.92. The van der Waals surface area contributed by atoms with Gasteiger partial charge >= 0.3 is 0 Å². The van der Waals surface area contributed by atoms with Gasteiger partial charge in [0.1, 0.15) is 9.84 Å². The minimum atomic E-state index is -2.77. The van der Waals surface area contributed by atoms with Crippen LogP contribution in [0.1, 0.15) is 19.3 Å². The van der Waals surface area contributed by atoms with Crippen molar-refractivity contribution in [2.75, 3.05) is 23.0 Å². The lowest BCUT2D eigenvalue weighted by Gasteiger charge is -2.54. The number of sulfone groups is 1. The molecule has 3 rings (SSSR count). The molecule has 1 aromatic rings. The lowest BCUT2D eigenvalue weighted by Crippen LogP contribution is -2.63. The maximum Gasteiger partial charge on any atom is 0.185 e. The second-order valence-corrected chi connectivity index (χ2v) is 7.77. The first-order valence-corrected chi connectivity index (χ1v) is 8.19. The summed E-state index contributed by atoms with van der Waals surface area (Å²) < 4.78 is 22.9. The smallest absolute Gasteiger partial charge is 0.185 e. The van der Waals surface area contributed by atoms with Gasteiger partial charge in [-0.1, -0.05) is 0 Å². The predicted octanol–water partition coefficient (Wildman–Crippen LogP) is 1.30. The van der Waals surface area contributed by atoms with Crippen molar-refractivity contribution in [1.82, 2.24) is 4.98 Å². The van der Waals surface area contributed by atoms with Crippen molar-refractivity contribution in [1.29, 1.82) is 0 Å². The second kappa shape index (κ2) is 3.43. The fraction of sp³-hybridized carbons (Fsp3) is 0.700.